The summed E-state index contributed by atoms with van der Waals surface area (Å²) in [6, 6.07) is 11.2. The third kappa shape index (κ3) is 3.48. The number of aliphatic hydroxyl groups is 1. The first kappa shape index (κ1) is 16.2. The number of benzene rings is 1. The molecule has 1 saturated carbocycles. The summed E-state index contributed by atoms with van der Waals surface area (Å²) < 4.78 is 1.91. The Labute approximate surface area is 138 Å². The zero-order valence-corrected chi connectivity index (χ0v) is 14.1. The molecule has 0 amide bonds. The Morgan fingerprint density at radius 3 is 2.61 bits per heavy atom. The molecule has 3 rings (SSSR count). The fourth-order valence-corrected chi connectivity index (χ4v) is 3.50. The van der Waals surface area contributed by atoms with Gasteiger partial charge < -0.3 is 10.4 Å². The molecule has 1 aromatic carbocycles. The van der Waals surface area contributed by atoms with E-state index in [0.29, 0.717) is 12.6 Å². The van der Waals surface area contributed by atoms with Crippen LogP contribution in [0.4, 0.5) is 0 Å². The highest BCUT2D eigenvalue weighted by molar-refractivity contribution is 5.26. The van der Waals surface area contributed by atoms with Gasteiger partial charge in [0.1, 0.15) is 0 Å². The lowest BCUT2D eigenvalue weighted by atomic mass is 9.77. The van der Waals surface area contributed by atoms with Crippen LogP contribution in [0, 0.1) is 19.8 Å². The highest BCUT2D eigenvalue weighted by Gasteiger charge is 2.28. The second-order valence-corrected chi connectivity index (χ2v) is 6.56. The first-order valence-electron chi connectivity index (χ1n) is 8.62. The van der Waals surface area contributed by atoms with Crippen LogP contribution in [0.15, 0.2) is 30.3 Å². The van der Waals surface area contributed by atoms with E-state index in [2.05, 4.69) is 54.6 Å². The van der Waals surface area contributed by atoms with Gasteiger partial charge >= 0.3 is 0 Å². The van der Waals surface area contributed by atoms with Gasteiger partial charge in [0.15, 0.2) is 0 Å². The van der Waals surface area contributed by atoms with Gasteiger partial charge in [-0.15, -0.1) is 0 Å². The van der Waals surface area contributed by atoms with E-state index in [1.165, 1.54) is 30.4 Å². The number of aromatic nitrogens is 2. The summed E-state index contributed by atoms with van der Waals surface area (Å²) in [7, 11) is 0. The van der Waals surface area contributed by atoms with Gasteiger partial charge in [-0.3, -0.25) is 4.68 Å². The largest absolute Gasteiger partial charge is 0.394 e. The van der Waals surface area contributed by atoms with E-state index in [4.69, 9.17) is 5.11 Å². The van der Waals surface area contributed by atoms with Gasteiger partial charge in [0.2, 0.25) is 0 Å². The Hall–Kier alpha value is -1.65. The van der Waals surface area contributed by atoms with Gasteiger partial charge in [-0.2, -0.15) is 5.10 Å². The molecular formula is C19H27N3O. The van der Waals surface area contributed by atoms with Crippen molar-refractivity contribution in [1.29, 1.82) is 0 Å². The average Bonchev–Trinajstić information content (AvgIpc) is 2.77. The second-order valence-electron chi connectivity index (χ2n) is 6.56. The van der Waals surface area contributed by atoms with Crippen LogP contribution in [0.25, 0.3) is 0 Å². The topological polar surface area (TPSA) is 50.1 Å². The number of hydrogen-bond acceptors (Lipinski definition) is 3. The number of aliphatic hydroxyl groups excluding tert-OH is 1. The summed E-state index contributed by atoms with van der Waals surface area (Å²) in [6.45, 7) is 5.67. The van der Waals surface area contributed by atoms with E-state index in [-0.39, 0.29) is 6.61 Å². The third-order valence-electron chi connectivity index (χ3n) is 5.12. The molecule has 2 aromatic rings. The van der Waals surface area contributed by atoms with Crippen molar-refractivity contribution in [1.82, 2.24) is 15.1 Å². The second kappa shape index (κ2) is 7.28. The summed E-state index contributed by atoms with van der Waals surface area (Å²) in [4.78, 5) is 0. The average molecular weight is 313 g/mol. The maximum Gasteiger partial charge on any atom is 0.0644 e. The van der Waals surface area contributed by atoms with Crippen molar-refractivity contribution in [2.75, 3.05) is 6.61 Å². The maximum atomic E-state index is 9.15. The Balaban J connectivity index is 1.74. The lowest BCUT2D eigenvalue weighted by Crippen LogP contribution is -2.32. The molecule has 2 N–H and O–H groups in total. The van der Waals surface area contributed by atoms with Crippen molar-refractivity contribution in [3.8, 4) is 0 Å². The van der Waals surface area contributed by atoms with Crippen LogP contribution >= 0.6 is 0 Å². The van der Waals surface area contributed by atoms with E-state index >= 15 is 0 Å². The highest BCUT2D eigenvalue weighted by atomic mass is 16.3. The molecule has 124 valence electrons. The number of nitrogens with zero attached hydrogens (tertiary/aromatic N) is 2. The first-order valence-corrected chi connectivity index (χ1v) is 8.62. The molecule has 0 radical (unpaired) electrons. The van der Waals surface area contributed by atoms with E-state index in [1.54, 1.807) is 0 Å². The zero-order chi connectivity index (χ0) is 16.2. The van der Waals surface area contributed by atoms with Crippen LogP contribution in [-0.4, -0.2) is 21.5 Å². The fourth-order valence-electron chi connectivity index (χ4n) is 3.50. The minimum Gasteiger partial charge on any atom is -0.394 e. The molecule has 1 unspecified atom stereocenters. The minimum atomic E-state index is 0.129. The molecule has 23 heavy (non-hydrogen) atoms. The van der Waals surface area contributed by atoms with Crippen LogP contribution in [0.5, 0.6) is 0 Å². The molecule has 0 saturated heterocycles. The Kier molecular flexibility index (Phi) is 5.13. The molecule has 1 fully saturated rings. The normalized spacial score (nSPS) is 16.3. The predicted molar refractivity (Wildman–Crippen MR) is 92.2 cm³/mol. The van der Waals surface area contributed by atoms with E-state index in [9.17, 15) is 0 Å². The van der Waals surface area contributed by atoms with E-state index in [1.807, 2.05) is 4.68 Å². The number of nitrogens with one attached hydrogen (secondary N) is 1. The van der Waals surface area contributed by atoms with Crippen molar-refractivity contribution in [2.45, 2.75) is 52.2 Å². The van der Waals surface area contributed by atoms with Gasteiger partial charge in [-0.05, 0) is 38.2 Å². The molecule has 4 heteroatoms. The van der Waals surface area contributed by atoms with Gasteiger partial charge in [-0.1, -0.05) is 36.8 Å². The maximum absolute atomic E-state index is 9.15. The molecular weight excluding hydrogens is 286 g/mol. The highest BCUT2D eigenvalue weighted by Crippen LogP contribution is 2.37. The standard InChI is InChI=1S/C19H27N3O/c1-14-18(15(2)22(21-14)11-12-23)13-20-19(17-9-6-10-17)16-7-4-3-5-8-16/h3-5,7-8,17,19-20,23H,6,9-13H2,1-2H3. The molecule has 0 spiro atoms. The summed E-state index contributed by atoms with van der Waals surface area (Å²) in [5, 5.41) is 17.5. The molecule has 1 aromatic heterocycles. The molecule has 1 heterocycles. The molecule has 0 aliphatic heterocycles. The number of rotatable bonds is 7. The predicted octanol–water partition coefficient (Wildman–Crippen LogP) is 3.12. The Bertz CT molecular complexity index is 632. The third-order valence-corrected chi connectivity index (χ3v) is 5.12. The van der Waals surface area contributed by atoms with Crippen molar-refractivity contribution >= 4 is 0 Å². The van der Waals surface area contributed by atoms with Crippen molar-refractivity contribution < 1.29 is 5.11 Å². The molecule has 1 aliphatic carbocycles. The van der Waals surface area contributed by atoms with Gasteiger partial charge in [0, 0.05) is 23.8 Å². The lowest BCUT2D eigenvalue weighted by Gasteiger charge is -2.35. The van der Waals surface area contributed by atoms with Gasteiger partial charge in [-0.25, -0.2) is 0 Å². The molecule has 4 nitrogen and oxygen atoms in total. The SMILES string of the molecule is Cc1nn(CCO)c(C)c1CNC(c1ccccc1)C1CCC1. The van der Waals surface area contributed by atoms with Crippen LogP contribution in [0.3, 0.4) is 0 Å². The monoisotopic (exact) mass is 313 g/mol. The quantitative estimate of drug-likeness (QED) is 0.826. The van der Waals surface area contributed by atoms with Crippen LogP contribution in [0.1, 0.15) is 47.8 Å². The minimum absolute atomic E-state index is 0.129. The van der Waals surface area contributed by atoms with E-state index < -0.39 is 0 Å². The van der Waals surface area contributed by atoms with Crippen molar-refractivity contribution in [3.05, 3.63) is 52.8 Å². The fraction of sp³-hybridized carbons (Fsp3) is 0.526. The van der Waals surface area contributed by atoms with E-state index in [0.717, 1.165) is 23.9 Å². The summed E-state index contributed by atoms with van der Waals surface area (Å²) >= 11 is 0. The molecule has 1 aliphatic rings. The Morgan fingerprint density at radius 2 is 2.00 bits per heavy atom. The zero-order valence-electron chi connectivity index (χ0n) is 14.1. The van der Waals surface area contributed by atoms with Gasteiger partial charge in [0.25, 0.3) is 0 Å². The van der Waals surface area contributed by atoms with Crippen LogP contribution < -0.4 is 5.32 Å². The van der Waals surface area contributed by atoms with Crippen LogP contribution in [-0.2, 0) is 13.1 Å². The number of hydrogen-bond donors (Lipinski definition) is 2. The Morgan fingerprint density at radius 1 is 1.26 bits per heavy atom. The van der Waals surface area contributed by atoms with Crippen molar-refractivity contribution in [3.63, 3.8) is 0 Å². The molecule has 0 bridgehead atoms. The number of aryl methyl sites for hydroxylation is 1. The van der Waals surface area contributed by atoms with Crippen LogP contribution in [0.2, 0.25) is 0 Å². The summed E-state index contributed by atoms with van der Waals surface area (Å²) in [6.07, 6.45) is 3.98. The smallest absolute Gasteiger partial charge is 0.0644 e. The lowest BCUT2D eigenvalue weighted by molar-refractivity contribution is 0.229. The first-order chi connectivity index (χ1) is 11.2. The summed E-state index contributed by atoms with van der Waals surface area (Å²) in [5.74, 6) is 0.741. The summed E-state index contributed by atoms with van der Waals surface area (Å²) in [5.41, 5.74) is 4.86. The molecule has 1 atom stereocenters. The van der Waals surface area contributed by atoms with Crippen molar-refractivity contribution in [2.24, 2.45) is 5.92 Å². The van der Waals surface area contributed by atoms with Gasteiger partial charge in [0.05, 0.1) is 18.8 Å².